The smallest absolute Gasteiger partial charge is 0.233 e. The zero-order valence-electron chi connectivity index (χ0n) is 6.99. The maximum absolute atomic E-state index is 11.2. The van der Waals surface area contributed by atoms with Gasteiger partial charge < -0.3 is 9.64 Å². The van der Waals surface area contributed by atoms with E-state index in [0.717, 1.165) is 31.9 Å². The Morgan fingerprint density at radius 1 is 1.67 bits per heavy atom. The summed E-state index contributed by atoms with van der Waals surface area (Å²) in [6.07, 6.45) is 2.58. The van der Waals surface area contributed by atoms with Gasteiger partial charge in [-0.05, 0) is 12.8 Å². The van der Waals surface area contributed by atoms with Gasteiger partial charge >= 0.3 is 0 Å². The molecule has 2 saturated heterocycles. The van der Waals surface area contributed by atoms with Gasteiger partial charge in [-0.1, -0.05) is 0 Å². The molecule has 2 aliphatic heterocycles. The SMILES string of the molecule is O=C1CSCN1CC1CCCO1. The zero-order chi connectivity index (χ0) is 8.39. The topological polar surface area (TPSA) is 29.5 Å². The molecule has 0 aromatic carbocycles. The first kappa shape index (κ1) is 8.38. The number of carbonyl (C=O) groups is 1. The van der Waals surface area contributed by atoms with Crippen LogP contribution in [0.15, 0.2) is 0 Å². The van der Waals surface area contributed by atoms with Gasteiger partial charge in [0.15, 0.2) is 0 Å². The molecule has 1 unspecified atom stereocenters. The Labute approximate surface area is 76.4 Å². The number of thioether (sulfide) groups is 1. The number of ether oxygens (including phenoxy) is 1. The summed E-state index contributed by atoms with van der Waals surface area (Å²) in [4.78, 5) is 13.1. The summed E-state index contributed by atoms with van der Waals surface area (Å²) in [5, 5.41) is 0. The molecular weight excluding hydrogens is 174 g/mol. The highest BCUT2D eigenvalue weighted by Crippen LogP contribution is 2.19. The highest BCUT2D eigenvalue weighted by Gasteiger charge is 2.25. The Balaban J connectivity index is 1.81. The first-order valence-corrected chi connectivity index (χ1v) is 5.49. The van der Waals surface area contributed by atoms with Crippen molar-refractivity contribution in [1.29, 1.82) is 0 Å². The van der Waals surface area contributed by atoms with Crippen LogP contribution < -0.4 is 0 Å². The molecule has 0 saturated carbocycles. The number of carbonyl (C=O) groups excluding carboxylic acids is 1. The van der Waals surface area contributed by atoms with Crippen LogP contribution in [0.1, 0.15) is 12.8 Å². The predicted octanol–water partition coefficient (Wildman–Crippen LogP) is 0.698. The molecular formula is C8H13NO2S. The van der Waals surface area contributed by atoms with Gasteiger partial charge in [-0.2, -0.15) is 0 Å². The molecule has 3 nitrogen and oxygen atoms in total. The Morgan fingerprint density at radius 3 is 3.17 bits per heavy atom. The lowest BCUT2D eigenvalue weighted by Crippen LogP contribution is -2.33. The van der Waals surface area contributed by atoms with Gasteiger partial charge in [0.1, 0.15) is 0 Å². The molecule has 0 radical (unpaired) electrons. The van der Waals surface area contributed by atoms with E-state index >= 15 is 0 Å². The molecule has 2 aliphatic rings. The molecule has 1 amide bonds. The van der Waals surface area contributed by atoms with Crippen molar-refractivity contribution in [2.24, 2.45) is 0 Å². The third kappa shape index (κ3) is 1.75. The third-order valence-electron chi connectivity index (χ3n) is 2.27. The lowest BCUT2D eigenvalue weighted by molar-refractivity contribution is -0.127. The Kier molecular flexibility index (Phi) is 2.56. The van der Waals surface area contributed by atoms with Crippen LogP contribution in [0.4, 0.5) is 0 Å². The van der Waals surface area contributed by atoms with Gasteiger partial charge in [-0.15, -0.1) is 11.8 Å². The number of hydrogen-bond acceptors (Lipinski definition) is 3. The van der Waals surface area contributed by atoms with Gasteiger partial charge in [0.2, 0.25) is 5.91 Å². The van der Waals surface area contributed by atoms with Crippen LogP contribution >= 0.6 is 11.8 Å². The van der Waals surface area contributed by atoms with Crippen molar-refractivity contribution >= 4 is 17.7 Å². The highest BCUT2D eigenvalue weighted by atomic mass is 32.2. The summed E-state index contributed by atoms with van der Waals surface area (Å²) < 4.78 is 5.46. The van der Waals surface area contributed by atoms with E-state index in [9.17, 15) is 4.79 Å². The van der Waals surface area contributed by atoms with Crippen molar-refractivity contribution in [2.45, 2.75) is 18.9 Å². The molecule has 12 heavy (non-hydrogen) atoms. The molecule has 0 spiro atoms. The number of hydrogen-bond donors (Lipinski definition) is 0. The van der Waals surface area contributed by atoms with Crippen molar-refractivity contribution in [3.63, 3.8) is 0 Å². The van der Waals surface area contributed by atoms with Gasteiger partial charge in [0.25, 0.3) is 0 Å². The minimum atomic E-state index is 0.274. The van der Waals surface area contributed by atoms with Crippen molar-refractivity contribution in [3.8, 4) is 0 Å². The van der Waals surface area contributed by atoms with E-state index in [1.165, 1.54) is 0 Å². The number of rotatable bonds is 2. The summed E-state index contributed by atoms with van der Waals surface area (Å²) in [6, 6.07) is 0. The first-order chi connectivity index (χ1) is 5.86. The van der Waals surface area contributed by atoms with Gasteiger partial charge in [-0.3, -0.25) is 4.79 Å². The third-order valence-corrected chi connectivity index (χ3v) is 3.22. The lowest BCUT2D eigenvalue weighted by atomic mass is 10.2. The van der Waals surface area contributed by atoms with E-state index in [1.807, 2.05) is 4.90 Å². The van der Waals surface area contributed by atoms with Crippen LogP contribution in [0.3, 0.4) is 0 Å². The van der Waals surface area contributed by atoms with Crippen LogP contribution in [0, 0.1) is 0 Å². The molecule has 0 bridgehead atoms. The summed E-state index contributed by atoms with van der Waals surface area (Å²) in [6.45, 7) is 1.69. The monoisotopic (exact) mass is 187 g/mol. The molecule has 0 aromatic rings. The van der Waals surface area contributed by atoms with Crippen LogP contribution in [0.25, 0.3) is 0 Å². The van der Waals surface area contributed by atoms with Gasteiger partial charge in [0.05, 0.1) is 17.7 Å². The van der Waals surface area contributed by atoms with E-state index in [1.54, 1.807) is 11.8 Å². The predicted molar refractivity (Wildman–Crippen MR) is 48.0 cm³/mol. The molecule has 68 valence electrons. The second-order valence-corrected chi connectivity index (χ2v) is 4.18. The maximum Gasteiger partial charge on any atom is 0.233 e. The highest BCUT2D eigenvalue weighted by molar-refractivity contribution is 8.00. The van der Waals surface area contributed by atoms with E-state index in [4.69, 9.17) is 4.74 Å². The quantitative estimate of drug-likeness (QED) is 0.637. The van der Waals surface area contributed by atoms with E-state index < -0.39 is 0 Å². The van der Waals surface area contributed by atoms with Crippen LogP contribution in [0.5, 0.6) is 0 Å². The van der Waals surface area contributed by atoms with E-state index in [-0.39, 0.29) is 5.91 Å². The van der Waals surface area contributed by atoms with Crippen molar-refractivity contribution in [1.82, 2.24) is 4.90 Å². The van der Waals surface area contributed by atoms with Crippen LogP contribution in [0.2, 0.25) is 0 Å². The fourth-order valence-corrected chi connectivity index (χ4v) is 2.51. The fraction of sp³-hybridized carbons (Fsp3) is 0.875. The lowest BCUT2D eigenvalue weighted by Gasteiger charge is -2.18. The molecule has 2 heterocycles. The number of amides is 1. The normalized spacial score (nSPS) is 30.2. The molecule has 2 fully saturated rings. The Bertz CT molecular complexity index is 180. The molecule has 0 aliphatic carbocycles. The van der Waals surface area contributed by atoms with Crippen molar-refractivity contribution in [2.75, 3.05) is 24.8 Å². The Morgan fingerprint density at radius 2 is 2.58 bits per heavy atom. The summed E-state index contributed by atoms with van der Waals surface area (Å²) in [5.41, 5.74) is 0. The van der Waals surface area contributed by atoms with E-state index in [2.05, 4.69) is 0 Å². The average molecular weight is 187 g/mol. The minimum absolute atomic E-state index is 0.274. The molecule has 0 aromatic heterocycles. The van der Waals surface area contributed by atoms with Crippen LogP contribution in [-0.2, 0) is 9.53 Å². The first-order valence-electron chi connectivity index (χ1n) is 4.33. The van der Waals surface area contributed by atoms with Crippen molar-refractivity contribution < 1.29 is 9.53 Å². The molecule has 0 N–H and O–H groups in total. The standard InChI is InChI=1S/C8H13NO2S/c10-8-5-12-6-9(8)4-7-2-1-3-11-7/h7H,1-6H2. The average Bonchev–Trinajstić information content (AvgIpc) is 2.65. The maximum atomic E-state index is 11.2. The van der Waals surface area contributed by atoms with Crippen LogP contribution in [-0.4, -0.2) is 41.7 Å². The number of nitrogens with zero attached hydrogens (tertiary/aromatic N) is 1. The molecule has 4 heteroatoms. The molecule has 2 rings (SSSR count). The summed E-state index contributed by atoms with van der Waals surface area (Å²) in [7, 11) is 0. The van der Waals surface area contributed by atoms with Gasteiger partial charge in [-0.25, -0.2) is 0 Å². The largest absolute Gasteiger partial charge is 0.376 e. The van der Waals surface area contributed by atoms with E-state index in [0.29, 0.717) is 11.9 Å². The summed E-state index contributed by atoms with van der Waals surface area (Å²) >= 11 is 1.69. The Hall–Kier alpha value is -0.220. The van der Waals surface area contributed by atoms with Gasteiger partial charge in [0, 0.05) is 13.2 Å². The molecule has 1 atom stereocenters. The minimum Gasteiger partial charge on any atom is -0.376 e. The second kappa shape index (κ2) is 3.66. The second-order valence-electron chi connectivity index (χ2n) is 3.23. The fourth-order valence-electron chi connectivity index (χ4n) is 1.60. The summed E-state index contributed by atoms with van der Waals surface area (Å²) in [5.74, 6) is 1.79. The van der Waals surface area contributed by atoms with Crippen molar-refractivity contribution in [3.05, 3.63) is 0 Å². The zero-order valence-corrected chi connectivity index (χ0v) is 7.81.